The summed E-state index contributed by atoms with van der Waals surface area (Å²) in [6, 6.07) is 5.70. The molecule has 0 atom stereocenters. The number of amides is 2. The number of nitro groups is 3. The fraction of sp³-hybridized carbons (Fsp3) is 0. The number of nitrogens with one attached hydrogen (secondary N) is 2. The average Bonchev–Trinajstić information content (AvgIpc) is 2.65. The van der Waals surface area contributed by atoms with Gasteiger partial charge in [0.25, 0.3) is 28.9 Å². The molecular formula is C14H8ClN5O8. The normalized spacial score (nSPS) is 10.0. The van der Waals surface area contributed by atoms with Gasteiger partial charge in [0.15, 0.2) is 0 Å². The van der Waals surface area contributed by atoms with Crippen LogP contribution >= 0.6 is 11.6 Å². The van der Waals surface area contributed by atoms with Gasteiger partial charge in [0.05, 0.1) is 26.4 Å². The minimum Gasteiger partial charge on any atom is -0.267 e. The molecule has 0 bridgehead atoms. The molecule has 144 valence electrons. The molecule has 2 aromatic carbocycles. The van der Waals surface area contributed by atoms with Gasteiger partial charge in [-0.1, -0.05) is 11.6 Å². The van der Waals surface area contributed by atoms with E-state index in [1.807, 2.05) is 10.9 Å². The van der Waals surface area contributed by atoms with Crippen molar-refractivity contribution in [3.05, 3.63) is 82.9 Å². The topological polar surface area (TPSA) is 188 Å². The van der Waals surface area contributed by atoms with Gasteiger partial charge in [0.2, 0.25) is 0 Å². The van der Waals surface area contributed by atoms with Crippen LogP contribution in [0.15, 0.2) is 36.4 Å². The maximum atomic E-state index is 12.1. The van der Waals surface area contributed by atoms with Crippen LogP contribution in [-0.2, 0) is 0 Å². The smallest absolute Gasteiger partial charge is 0.267 e. The van der Waals surface area contributed by atoms with Crippen LogP contribution in [0.1, 0.15) is 20.7 Å². The van der Waals surface area contributed by atoms with E-state index in [0.29, 0.717) is 12.1 Å². The predicted octanol–water partition coefficient (Wildman–Crippen LogP) is 2.14. The monoisotopic (exact) mass is 409 g/mol. The predicted molar refractivity (Wildman–Crippen MR) is 92.8 cm³/mol. The molecule has 2 aromatic rings. The second-order valence-electron chi connectivity index (χ2n) is 5.05. The van der Waals surface area contributed by atoms with Gasteiger partial charge in [-0.15, -0.1) is 0 Å². The Labute approximate surface area is 159 Å². The van der Waals surface area contributed by atoms with Crippen molar-refractivity contribution in [1.82, 2.24) is 10.9 Å². The van der Waals surface area contributed by atoms with Crippen molar-refractivity contribution in [3.63, 3.8) is 0 Å². The zero-order valence-corrected chi connectivity index (χ0v) is 14.2. The lowest BCUT2D eigenvalue weighted by Gasteiger charge is -2.09. The van der Waals surface area contributed by atoms with Gasteiger partial charge in [-0.05, 0) is 12.1 Å². The molecule has 0 radical (unpaired) electrons. The molecule has 13 nitrogen and oxygen atoms in total. The summed E-state index contributed by atoms with van der Waals surface area (Å²) < 4.78 is 0. The Bertz CT molecular complexity index is 1010. The fourth-order valence-electron chi connectivity index (χ4n) is 1.99. The van der Waals surface area contributed by atoms with Crippen molar-refractivity contribution >= 4 is 40.5 Å². The minimum atomic E-state index is -1.15. The number of hydrazine groups is 1. The Hall–Kier alpha value is -4.13. The number of hydrogen-bond acceptors (Lipinski definition) is 8. The van der Waals surface area contributed by atoms with E-state index in [1.54, 1.807) is 0 Å². The molecule has 2 amide bonds. The number of non-ortho nitro benzene ring substituents is 2. The van der Waals surface area contributed by atoms with Gasteiger partial charge in [0.1, 0.15) is 5.02 Å². The Morgan fingerprint density at radius 2 is 1.32 bits per heavy atom. The van der Waals surface area contributed by atoms with E-state index in [4.69, 9.17) is 11.6 Å². The SMILES string of the molecule is O=C(NNC(=O)c1cc([N+](=O)[O-])cc([N+](=O)[O-])c1Cl)c1ccc([N+](=O)[O-])cc1. The summed E-state index contributed by atoms with van der Waals surface area (Å²) >= 11 is 5.75. The lowest BCUT2D eigenvalue weighted by Crippen LogP contribution is -2.41. The third-order valence-corrected chi connectivity index (χ3v) is 3.72. The van der Waals surface area contributed by atoms with Gasteiger partial charge in [0, 0.05) is 23.8 Å². The average molecular weight is 410 g/mol. The summed E-state index contributed by atoms with van der Waals surface area (Å²) in [5.74, 6) is -2.01. The molecule has 2 rings (SSSR count). The van der Waals surface area contributed by atoms with Crippen molar-refractivity contribution in [2.75, 3.05) is 0 Å². The molecule has 0 saturated carbocycles. The Kier molecular flexibility index (Phi) is 5.80. The number of carbonyl (C=O) groups is 2. The zero-order chi connectivity index (χ0) is 21.0. The van der Waals surface area contributed by atoms with Crippen molar-refractivity contribution < 1.29 is 24.4 Å². The highest BCUT2D eigenvalue weighted by atomic mass is 35.5. The first-order valence-electron chi connectivity index (χ1n) is 7.09. The van der Waals surface area contributed by atoms with Crippen LogP contribution in [0.25, 0.3) is 0 Å². The third kappa shape index (κ3) is 4.34. The summed E-state index contributed by atoms with van der Waals surface area (Å²) in [6.45, 7) is 0. The molecule has 0 unspecified atom stereocenters. The number of carbonyl (C=O) groups excluding carboxylic acids is 2. The lowest BCUT2D eigenvalue weighted by molar-refractivity contribution is -0.394. The molecule has 0 aliphatic heterocycles. The van der Waals surface area contributed by atoms with Crippen LogP contribution in [0.4, 0.5) is 17.1 Å². The third-order valence-electron chi connectivity index (χ3n) is 3.32. The van der Waals surface area contributed by atoms with Gasteiger partial charge >= 0.3 is 0 Å². The maximum Gasteiger partial charge on any atom is 0.295 e. The van der Waals surface area contributed by atoms with E-state index >= 15 is 0 Å². The number of halogens is 1. The second kappa shape index (κ2) is 8.05. The Morgan fingerprint density at radius 3 is 1.82 bits per heavy atom. The number of hydrogen-bond donors (Lipinski definition) is 2. The summed E-state index contributed by atoms with van der Waals surface area (Å²) in [6.07, 6.45) is 0. The molecule has 0 aliphatic rings. The lowest BCUT2D eigenvalue weighted by atomic mass is 10.1. The molecule has 14 heteroatoms. The number of nitrogens with zero attached hydrogens (tertiary/aromatic N) is 3. The van der Waals surface area contributed by atoms with Crippen LogP contribution in [0.3, 0.4) is 0 Å². The molecule has 28 heavy (non-hydrogen) atoms. The highest BCUT2D eigenvalue weighted by Gasteiger charge is 2.26. The van der Waals surface area contributed by atoms with Crippen molar-refractivity contribution in [3.8, 4) is 0 Å². The van der Waals surface area contributed by atoms with Crippen LogP contribution < -0.4 is 10.9 Å². The molecule has 0 heterocycles. The van der Waals surface area contributed by atoms with Crippen LogP contribution in [0.5, 0.6) is 0 Å². The van der Waals surface area contributed by atoms with Crippen molar-refractivity contribution in [2.24, 2.45) is 0 Å². The van der Waals surface area contributed by atoms with E-state index in [0.717, 1.165) is 24.3 Å². The molecule has 0 spiro atoms. The highest BCUT2D eigenvalue weighted by molar-refractivity contribution is 6.36. The molecule has 0 saturated heterocycles. The van der Waals surface area contributed by atoms with Gasteiger partial charge < -0.3 is 0 Å². The summed E-state index contributed by atoms with van der Waals surface area (Å²) in [5, 5.41) is 31.7. The van der Waals surface area contributed by atoms with Crippen LogP contribution in [0.2, 0.25) is 5.02 Å². The Morgan fingerprint density at radius 1 is 0.786 bits per heavy atom. The quantitative estimate of drug-likeness (QED) is 0.554. The zero-order valence-electron chi connectivity index (χ0n) is 13.4. The van der Waals surface area contributed by atoms with Crippen LogP contribution in [-0.4, -0.2) is 26.6 Å². The molecule has 0 aromatic heterocycles. The first-order valence-corrected chi connectivity index (χ1v) is 7.47. The van der Waals surface area contributed by atoms with E-state index in [2.05, 4.69) is 0 Å². The minimum absolute atomic E-state index is 0.0398. The van der Waals surface area contributed by atoms with E-state index < -0.39 is 48.5 Å². The fourth-order valence-corrected chi connectivity index (χ4v) is 2.25. The van der Waals surface area contributed by atoms with Crippen molar-refractivity contribution in [2.45, 2.75) is 0 Å². The van der Waals surface area contributed by atoms with E-state index in [-0.39, 0.29) is 11.3 Å². The number of benzene rings is 2. The highest BCUT2D eigenvalue weighted by Crippen LogP contribution is 2.32. The summed E-state index contributed by atoms with van der Waals surface area (Å²) in [7, 11) is 0. The van der Waals surface area contributed by atoms with E-state index in [1.165, 1.54) is 0 Å². The summed E-state index contributed by atoms with van der Waals surface area (Å²) in [4.78, 5) is 53.9. The summed E-state index contributed by atoms with van der Waals surface area (Å²) in [5.41, 5.74) is 1.37. The van der Waals surface area contributed by atoms with Crippen LogP contribution in [0, 0.1) is 30.3 Å². The number of nitro benzene ring substituents is 3. The van der Waals surface area contributed by atoms with Gasteiger partial charge in [-0.2, -0.15) is 0 Å². The molecule has 2 N–H and O–H groups in total. The Balaban J connectivity index is 2.20. The van der Waals surface area contributed by atoms with Crippen molar-refractivity contribution in [1.29, 1.82) is 0 Å². The van der Waals surface area contributed by atoms with Gasteiger partial charge in [-0.3, -0.25) is 50.8 Å². The maximum absolute atomic E-state index is 12.1. The first kappa shape index (κ1) is 20.2. The largest absolute Gasteiger partial charge is 0.295 e. The second-order valence-corrected chi connectivity index (χ2v) is 5.43. The molecule has 0 fully saturated rings. The van der Waals surface area contributed by atoms with Gasteiger partial charge in [-0.25, -0.2) is 0 Å². The molecular weight excluding hydrogens is 402 g/mol. The standard InChI is InChI=1S/C14H8ClN5O8/c15-12-10(5-9(19(25)26)6-11(12)20(27)28)14(22)17-16-13(21)7-1-3-8(4-2-7)18(23)24/h1-6H,(H,16,21)(H,17,22). The first-order chi connectivity index (χ1) is 13.1. The molecule has 0 aliphatic carbocycles. The number of rotatable bonds is 5. The van der Waals surface area contributed by atoms with E-state index in [9.17, 15) is 39.9 Å².